The average Bonchev–Trinajstić information content (AvgIpc) is 2.57. The summed E-state index contributed by atoms with van der Waals surface area (Å²) >= 11 is 1.98. The van der Waals surface area contributed by atoms with Crippen LogP contribution in [0.25, 0.3) is 0 Å². The van der Waals surface area contributed by atoms with Gasteiger partial charge in [-0.2, -0.15) is 0 Å². The summed E-state index contributed by atoms with van der Waals surface area (Å²) in [4.78, 5) is 1.36. The molecule has 1 fully saturated rings. The Morgan fingerprint density at radius 1 is 1.28 bits per heavy atom. The van der Waals surface area contributed by atoms with E-state index in [0.717, 1.165) is 13.0 Å². The molecule has 0 radical (unpaired) electrons. The van der Waals surface area contributed by atoms with Gasteiger partial charge in [0.15, 0.2) is 0 Å². The van der Waals surface area contributed by atoms with Crippen molar-refractivity contribution in [2.45, 2.75) is 50.4 Å². The molecule has 100 valence electrons. The Morgan fingerprint density at radius 2 is 1.94 bits per heavy atom. The molecule has 0 aliphatic carbocycles. The molecular weight excluding hydrogens is 240 g/mol. The van der Waals surface area contributed by atoms with Gasteiger partial charge >= 0.3 is 0 Å². The third-order valence-electron chi connectivity index (χ3n) is 3.49. The minimum absolute atomic E-state index is 0.264. The van der Waals surface area contributed by atoms with E-state index >= 15 is 0 Å². The van der Waals surface area contributed by atoms with E-state index in [2.05, 4.69) is 58.0 Å². The maximum atomic E-state index is 6.04. The molecule has 0 aromatic heterocycles. The van der Waals surface area contributed by atoms with Gasteiger partial charge in [-0.15, -0.1) is 11.8 Å². The molecule has 0 bridgehead atoms. The molecule has 0 spiro atoms. The van der Waals surface area contributed by atoms with E-state index in [9.17, 15) is 0 Å². The van der Waals surface area contributed by atoms with Crippen molar-refractivity contribution in [1.29, 1.82) is 0 Å². The second-order valence-electron chi connectivity index (χ2n) is 6.32. The topological polar surface area (TPSA) is 9.23 Å². The fourth-order valence-electron chi connectivity index (χ4n) is 2.53. The van der Waals surface area contributed by atoms with Gasteiger partial charge in [0.1, 0.15) is 0 Å². The van der Waals surface area contributed by atoms with Gasteiger partial charge < -0.3 is 4.74 Å². The van der Waals surface area contributed by atoms with Crippen LogP contribution in [0.3, 0.4) is 0 Å². The van der Waals surface area contributed by atoms with E-state index in [1.54, 1.807) is 0 Å². The molecule has 1 nitrogen and oxygen atoms in total. The predicted octanol–water partition coefficient (Wildman–Crippen LogP) is 4.62. The Hall–Kier alpha value is -0.470. The van der Waals surface area contributed by atoms with Gasteiger partial charge in [0.2, 0.25) is 0 Å². The fraction of sp³-hybridized carbons (Fsp3) is 0.625. The van der Waals surface area contributed by atoms with Gasteiger partial charge in [-0.25, -0.2) is 0 Å². The van der Waals surface area contributed by atoms with Gasteiger partial charge in [0.25, 0.3) is 0 Å². The van der Waals surface area contributed by atoms with E-state index in [-0.39, 0.29) is 5.41 Å². The summed E-state index contributed by atoms with van der Waals surface area (Å²) in [7, 11) is 0. The number of benzene rings is 1. The molecule has 1 saturated heterocycles. The van der Waals surface area contributed by atoms with Crippen molar-refractivity contribution in [3.05, 3.63) is 30.3 Å². The fourth-order valence-corrected chi connectivity index (χ4v) is 3.87. The summed E-state index contributed by atoms with van der Waals surface area (Å²) in [5, 5.41) is 0.558. The molecule has 18 heavy (non-hydrogen) atoms. The molecule has 1 aliphatic rings. The Labute approximate surface area is 115 Å². The molecule has 0 amide bonds. The van der Waals surface area contributed by atoms with Crippen LogP contribution in [0.5, 0.6) is 0 Å². The minimum atomic E-state index is 0.264. The van der Waals surface area contributed by atoms with Crippen LogP contribution in [0.2, 0.25) is 0 Å². The zero-order chi connectivity index (χ0) is 13.2. The number of hydrogen-bond donors (Lipinski definition) is 0. The maximum absolute atomic E-state index is 6.04. The summed E-state index contributed by atoms with van der Waals surface area (Å²) in [6, 6.07) is 10.7. The lowest BCUT2D eigenvalue weighted by atomic mass is 9.87. The average molecular weight is 264 g/mol. The molecule has 2 rings (SSSR count). The lowest BCUT2D eigenvalue weighted by molar-refractivity contribution is 0.0862. The highest BCUT2D eigenvalue weighted by atomic mass is 32.2. The second-order valence-corrected chi connectivity index (χ2v) is 7.53. The van der Waals surface area contributed by atoms with Crippen LogP contribution < -0.4 is 0 Å². The Balaban J connectivity index is 2.10. The highest BCUT2D eigenvalue weighted by Crippen LogP contribution is 2.45. The molecule has 2 heteroatoms. The third-order valence-corrected chi connectivity index (χ3v) is 5.23. The highest BCUT2D eigenvalue weighted by molar-refractivity contribution is 8.00. The van der Waals surface area contributed by atoms with Crippen molar-refractivity contribution in [1.82, 2.24) is 0 Å². The van der Waals surface area contributed by atoms with E-state index in [1.165, 1.54) is 4.90 Å². The molecule has 0 unspecified atom stereocenters. The molecule has 1 heterocycles. The van der Waals surface area contributed by atoms with Crippen molar-refractivity contribution in [2.75, 3.05) is 6.61 Å². The van der Waals surface area contributed by atoms with Crippen molar-refractivity contribution < 1.29 is 4.74 Å². The second kappa shape index (κ2) is 5.66. The lowest BCUT2D eigenvalue weighted by Crippen LogP contribution is -2.30. The van der Waals surface area contributed by atoms with Crippen molar-refractivity contribution in [3.8, 4) is 0 Å². The summed E-state index contributed by atoms with van der Waals surface area (Å²) in [6.07, 6.45) is 1.55. The molecular formula is C16H24OS. The van der Waals surface area contributed by atoms with Gasteiger partial charge in [0.05, 0.1) is 12.7 Å². The number of ether oxygens (including phenoxy) is 1. The summed E-state index contributed by atoms with van der Waals surface area (Å²) < 4.78 is 6.04. The molecule has 2 atom stereocenters. The lowest BCUT2D eigenvalue weighted by Gasteiger charge is -2.28. The van der Waals surface area contributed by atoms with Crippen LogP contribution in [0.4, 0.5) is 0 Å². The normalized spacial score (nSPS) is 26.7. The van der Waals surface area contributed by atoms with Crippen LogP contribution >= 0.6 is 11.8 Å². The van der Waals surface area contributed by atoms with Crippen LogP contribution in [-0.2, 0) is 4.74 Å². The van der Waals surface area contributed by atoms with Gasteiger partial charge in [-0.05, 0) is 24.5 Å². The molecule has 0 saturated carbocycles. The van der Waals surface area contributed by atoms with Gasteiger partial charge in [-0.3, -0.25) is 0 Å². The van der Waals surface area contributed by atoms with E-state index in [4.69, 9.17) is 4.74 Å². The van der Waals surface area contributed by atoms with Crippen LogP contribution in [0.15, 0.2) is 35.2 Å². The summed E-state index contributed by atoms with van der Waals surface area (Å²) in [5.74, 6) is 0.697. The van der Waals surface area contributed by atoms with Crippen LogP contribution in [0, 0.1) is 11.3 Å². The minimum Gasteiger partial charge on any atom is -0.376 e. The smallest absolute Gasteiger partial charge is 0.0705 e. The zero-order valence-corrected chi connectivity index (χ0v) is 12.7. The Kier molecular flexibility index (Phi) is 4.39. The quantitative estimate of drug-likeness (QED) is 0.785. The van der Waals surface area contributed by atoms with E-state index in [0.29, 0.717) is 17.3 Å². The van der Waals surface area contributed by atoms with Gasteiger partial charge in [0, 0.05) is 15.6 Å². The monoisotopic (exact) mass is 264 g/mol. The largest absolute Gasteiger partial charge is 0.376 e. The number of hydrogen-bond acceptors (Lipinski definition) is 2. The predicted molar refractivity (Wildman–Crippen MR) is 79.1 cm³/mol. The Bertz CT molecular complexity index is 372. The first-order valence-electron chi connectivity index (χ1n) is 6.82. The molecule has 1 aromatic carbocycles. The number of rotatable bonds is 4. The van der Waals surface area contributed by atoms with Crippen molar-refractivity contribution in [2.24, 2.45) is 11.3 Å². The Morgan fingerprint density at radius 3 is 2.56 bits per heavy atom. The highest BCUT2D eigenvalue weighted by Gasteiger charge is 2.43. The van der Waals surface area contributed by atoms with E-state index in [1.807, 2.05) is 11.8 Å². The number of thioether (sulfide) groups is 1. The van der Waals surface area contributed by atoms with Crippen molar-refractivity contribution in [3.63, 3.8) is 0 Å². The first kappa shape index (κ1) is 14.0. The molecule has 0 N–H and O–H groups in total. The molecule has 1 aliphatic heterocycles. The zero-order valence-electron chi connectivity index (χ0n) is 11.8. The van der Waals surface area contributed by atoms with Crippen LogP contribution in [0.1, 0.15) is 34.1 Å². The van der Waals surface area contributed by atoms with Crippen LogP contribution in [-0.4, -0.2) is 18.0 Å². The van der Waals surface area contributed by atoms with Gasteiger partial charge in [-0.1, -0.05) is 45.9 Å². The standard InChI is InChI=1S/C16H24OS/c1-12(2)10-14-15(16(3,4)11-17-14)18-13-8-6-5-7-9-13/h5-9,12,14-15H,10-11H2,1-4H3/t14-,15-/m0/s1. The summed E-state index contributed by atoms with van der Waals surface area (Å²) in [6.45, 7) is 10.1. The summed E-state index contributed by atoms with van der Waals surface area (Å²) in [5.41, 5.74) is 0.264. The molecule has 1 aromatic rings. The van der Waals surface area contributed by atoms with E-state index < -0.39 is 0 Å². The maximum Gasteiger partial charge on any atom is 0.0705 e. The third kappa shape index (κ3) is 3.30. The first-order valence-corrected chi connectivity index (χ1v) is 7.70. The van der Waals surface area contributed by atoms with Crippen molar-refractivity contribution >= 4 is 11.8 Å². The SMILES string of the molecule is CC(C)C[C@@H]1OCC(C)(C)[C@H]1Sc1ccccc1. The first-order chi connectivity index (χ1) is 8.49.